The van der Waals surface area contributed by atoms with Crippen LogP contribution in [0.25, 0.3) is 22.5 Å². The van der Waals surface area contributed by atoms with Gasteiger partial charge in [-0.3, -0.25) is 0 Å². The van der Waals surface area contributed by atoms with Crippen LogP contribution in [-0.4, -0.2) is 35.2 Å². The monoisotopic (exact) mass is 343 g/mol. The minimum atomic E-state index is 0.235. The summed E-state index contributed by atoms with van der Waals surface area (Å²) in [6.07, 6.45) is 3.31. The Morgan fingerprint density at radius 1 is 1.31 bits per heavy atom. The number of benzene rings is 1. The molecule has 0 atom stereocenters. The van der Waals surface area contributed by atoms with Crippen LogP contribution >= 0.6 is 0 Å². The van der Waals surface area contributed by atoms with Gasteiger partial charge in [-0.2, -0.15) is 15.6 Å². The van der Waals surface area contributed by atoms with Crippen LogP contribution < -0.4 is 5.32 Å². The number of hydrogen-bond acceptors (Lipinski definition) is 7. The van der Waals surface area contributed by atoms with Crippen LogP contribution in [0.15, 0.2) is 48.8 Å². The molecule has 0 aliphatic carbocycles. The summed E-state index contributed by atoms with van der Waals surface area (Å²) in [6, 6.07) is 13.7. The van der Waals surface area contributed by atoms with Crippen molar-refractivity contribution in [3.8, 4) is 17.3 Å². The Morgan fingerprint density at radius 2 is 2.23 bits per heavy atom. The molecule has 0 amide bonds. The fourth-order valence-electron chi connectivity index (χ4n) is 2.57. The maximum atomic E-state index is 9.23. The fourth-order valence-corrected chi connectivity index (χ4v) is 2.57. The molecule has 0 aliphatic rings. The van der Waals surface area contributed by atoms with E-state index in [1.807, 2.05) is 53.9 Å². The first-order chi connectivity index (χ1) is 12.7. The summed E-state index contributed by atoms with van der Waals surface area (Å²) in [6.45, 7) is 1.93. The summed E-state index contributed by atoms with van der Waals surface area (Å²) >= 11 is 0. The summed E-state index contributed by atoms with van der Waals surface area (Å²) in [7, 11) is 0. The van der Waals surface area contributed by atoms with E-state index in [0.29, 0.717) is 0 Å². The standard InChI is InChI=1S/C17H13N9/c1-11-7-16-19-6-5-15(26(16)23-11)12-3-2-4-14(8-12)20-10-13(9-18)17-21-24-25-22-17/h2-8,10,20H,1H3,(H,21,22,24,25). The smallest absolute Gasteiger partial charge is 0.216 e. The lowest BCUT2D eigenvalue weighted by Crippen LogP contribution is -1.97. The highest BCUT2D eigenvalue weighted by Gasteiger charge is 2.08. The number of hydrogen-bond donors (Lipinski definition) is 2. The number of nitriles is 1. The molecule has 0 unspecified atom stereocenters. The van der Waals surface area contributed by atoms with Crippen LogP contribution in [0, 0.1) is 18.3 Å². The highest BCUT2D eigenvalue weighted by molar-refractivity contribution is 5.75. The number of allylic oxidation sites excluding steroid dienone is 1. The Hall–Kier alpha value is -4.06. The van der Waals surface area contributed by atoms with Crippen LogP contribution in [0.2, 0.25) is 0 Å². The molecular formula is C17H13N9. The van der Waals surface area contributed by atoms with E-state index in [-0.39, 0.29) is 11.4 Å². The molecule has 0 aliphatic heterocycles. The van der Waals surface area contributed by atoms with Crippen LogP contribution in [0.5, 0.6) is 0 Å². The average molecular weight is 343 g/mol. The first kappa shape index (κ1) is 15.5. The molecule has 0 radical (unpaired) electrons. The third kappa shape index (κ3) is 2.87. The van der Waals surface area contributed by atoms with Crippen molar-refractivity contribution in [1.29, 1.82) is 5.26 Å². The molecule has 4 rings (SSSR count). The SMILES string of the molecule is Cc1cc2nccc(-c3cccc(NC=C(C#N)c4nn[nH]n4)c3)n2n1. The van der Waals surface area contributed by atoms with Crippen molar-refractivity contribution < 1.29 is 0 Å². The number of aromatic nitrogens is 7. The molecular weight excluding hydrogens is 330 g/mol. The molecule has 9 nitrogen and oxygen atoms in total. The summed E-state index contributed by atoms with van der Waals surface area (Å²) in [5, 5.41) is 30.2. The minimum absolute atomic E-state index is 0.235. The van der Waals surface area contributed by atoms with Gasteiger partial charge in [0.25, 0.3) is 0 Å². The van der Waals surface area contributed by atoms with Gasteiger partial charge in [0.2, 0.25) is 5.82 Å². The Balaban J connectivity index is 1.68. The number of aryl methyl sites for hydroxylation is 1. The lowest BCUT2D eigenvalue weighted by atomic mass is 10.1. The zero-order valence-electron chi connectivity index (χ0n) is 13.7. The van der Waals surface area contributed by atoms with Gasteiger partial charge in [0, 0.05) is 29.7 Å². The number of H-pyrrole nitrogens is 1. The number of aromatic amines is 1. The van der Waals surface area contributed by atoms with Crippen molar-refractivity contribution in [3.63, 3.8) is 0 Å². The number of nitrogens with zero attached hydrogens (tertiary/aromatic N) is 7. The lowest BCUT2D eigenvalue weighted by Gasteiger charge is -2.07. The third-order valence-electron chi connectivity index (χ3n) is 3.73. The number of tetrazole rings is 1. The van der Waals surface area contributed by atoms with Crippen molar-refractivity contribution in [1.82, 2.24) is 35.2 Å². The lowest BCUT2D eigenvalue weighted by molar-refractivity contribution is 0.881. The molecule has 26 heavy (non-hydrogen) atoms. The molecule has 1 aromatic carbocycles. The molecule has 3 heterocycles. The van der Waals surface area contributed by atoms with Gasteiger partial charge in [-0.15, -0.1) is 10.2 Å². The van der Waals surface area contributed by atoms with E-state index in [0.717, 1.165) is 28.3 Å². The van der Waals surface area contributed by atoms with E-state index in [2.05, 4.69) is 36.0 Å². The average Bonchev–Trinajstić information content (AvgIpc) is 3.31. The second-order valence-electron chi connectivity index (χ2n) is 5.52. The van der Waals surface area contributed by atoms with Crippen molar-refractivity contribution >= 4 is 16.9 Å². The summed E-state index contributed by atoms with van der Waals surface area (Å²) in [5.41, 5.74) is 4.68. The minimum Gasteiger partial charge on any atom is -0.360 e. The first-order valence-electron chi connectivity index (χ1n) is 7.77. The maximum Gasteiger partial charge on any atom is 0.216 e. The highest BCUT2D eigenvalue weighted by Crippen LogP contribution is 2.23. The normalized spacial score (nSPS) is 11.5. The molecule has 4 aromatic rings. The van der Waals surface area contributed by atoms with Crippen LogP contribution in [0.3, 0.4) is 0 Å². The van der Waals surface area contributed by atoms with Crippen LogP contribution in [0.1, 0.15) is 11.5 Å². The first-order valence-corrected chi connectivity index (χ1v) is 7.77. The van der Waals surface area contributed by atoms with E-state index in [4.69, 9.17) is 0 Å². The third-order valence-corrected chi connectivity index (χ3v) is 3.73. The molecule has 0 fully saturated rings. The number of fused-ring (bicyclic) bond motifs is 1. The van der Waals surface area contributed by atoms with Gasteiger partial charge in [0.05, 0.1) is 11.4 Å². The second-order valence-corrected chi connectivity index (χ2v) is 5.52. The summed E-state index contributed by atoms with van der Waals surface area (Å²) in [4.78, 5) is 4.33. The van der Waals surface area contributed by atoms with Gasteiger partial charge in [-0.1, -0.05) is 12.1 Å². The molecule has 9 heteroatoms. The molecule has 2 N–H and O–H groups in total. The van der Waals surface area contributed by atoms with E-state index in [1.54, 1.807) is 12.4 Å². The quantitative estimate of drug-likeness (QED) is 0.545. The molecule has 126 valence electrons. The maximum absolute atomic E-state index is 9.23. The van der Waals surface area contributed by atoms with Crippen LogP contribution in [0.4, 0.5) is 5.69 Å². The second kappa shape index (κ2) is 6.45. The molecule has 0 bridgehead atoms. The fraction of sp³-hybridized carbons (Fsp3) is 0.0588. The van der Waals surface area contributed by atoms with E-state index in [9.17, 15) is 5.26 Å². The number of anilines is 1. The van der Waals surface area contributed by atoms with Crippen molar-refractivity contribution in [3.05, 3.63) is 60.3 Å². The van der Waals surface area contributed by atoms with E-state index < -0.39 is 0 Å². The summed E-state index contributed by atoms with van der Waals surface area (Å²) in [5.74, 6) is 0.235. The van der Waals surface area contributed by atoms with Gasteiger partial charge in [-0.05, 0) is 30.3 Å². The van der Waals surface area contributed by atoms with Crippen molar-refractivity contribution in [2.24, 2.45) is 0 Å². The Morgan fingerprint density at radius 3 is 3.04 bits per heavy atom. The topological polar surface area (TPSA) is 120 Å². The highest BCUT2D eigenvalue weighted by atomic mass is 15.5. The van der Waals surface area contributed by atoms with Crippen LogP contribution in [-0.2, 0) is 0 Å². The van der Waals surface area contributed by atoms with Crippen molar-refractivity contribution in [2.45, 2.75) is 6.92 Å². The largest absolute Gasteiger partial charge is 0.360 e. The summed E-state index contributed by atoms with van der Waals surface area (Å²) < 4.78 is 1.81. The van der Waals surface area contributed by atoms with E-state index >= 15 is 0 Å². The molecule has 0 spiro atoms. The Labute approximate surface area is 148 Å². The predicted octanol–water partition coefficient (Wildman–Crippen LogP) is 2.19. The number of rotatable bonds is 4. The Bertz CT molecular complexity index is 1130. The molecule has 3 aromatic heterocycles. The predicted molar refractivity (Wildman–Crippen MR) is 94.6 cm³/mol. The zero-order chi connectivity index (χ0) is 17.9. The van der Waals surface area contributed by atoms with E-state index in [1.165, 1.54) is 0 Å². The number of nitrogens with one attached hydrogen (secondary N) is 2. The van der Waals surface area contributed by atoms with Gasteiger partial charge in [-0.25, -0.2) is 9.50 Å². The molecule has 0 saturated carbocycles. The van der Waals surface area contributed by atoms with Gasteiger partial charge in [0.15, 0.2) is 5.65 Å². The van der Waals surface area contributed by atoms with Gasteiger partial charge >= 0.3 is 0 Å². The zero-order valence-corrected chi connectivity index (χ0v) is 13.7. The Kier molecular flexibility index (Phi) is 3.83. The molecule has 0 saturated heterocycles. The van der Waals surface area contributed by atoms with Gasteiger partial charge < -0.3 is 5.32 Å². The van der Waals surface area contributed by atoms with Crippen molar-refractivity contribution in [2.75, 3.05) is 5.32 Å². The van der Waals surface area contributed by atoms with Gasteiger partial charge in [0.1, 0.15) is 11.6 Å².